The number of ketones is 1. The molecule has 1 aromatic carbocycles. The maximum absolute atomic E-state index is 12.6. The van der Waals surface area contributed by atoms with Crippen molar-refractivity contribution in [3.63, 3.8) is 0 Å². The summed E-state index contributed by atoms with van der Waals surface area (Å²) in [4.78, 5) is 27.2. The topological polar surface area (TPSA) is 59.2 Å². The molecule has 0 saturated carbocycles. The van der Waals surface area contributed by atoms with E-state index in [2.05, 4.69) is 4.98 Å². The minimum absolute atomic E-state index is 0.0410. The van der Waals surface area contributed by atoms with Crippen LogP contribution in [0.15, 0.2) is 24.3 Å². The number of aromatic nitrogens is 1. The van der Waals surface area contributed by atoms with Crippen molar-refractivity contribution in [2.75, 3.05) is 12.4 Å². The molecular weight excluding hydrogens is 286 g/mol. The summed E-state index contributed by atoms with van der Waals surface area (Å²) in [5.41, 5.74) is 2.54. The molecule has 0 bridgehead atoms. The Balaban J connectivity index is 2.14. The van der Waals surface area contributed by atoms with Gasteiger partial charge in [0.15, 0.2) is 5.78 Å². The molecule has 0 aliphatic heterocycles. The first-order chi connectivity index (χ1) is 10.0. The maximum Gasteiger partial charge on any atom is 0.315 e. The Morgan fingerprint density at radius 2 is 2.05 bits per heavy atom. The maximum atomic E-state index is 12.6. The standard InChI is InChI=1S/C16H19NO3S/c1-4-20-14(18)9-21-11(3)16(19)15-10(2)17-13-8-6-5-7-12(13)15/h5-8,11,17H,4,9H2,1-3H3. The highest BCUT2D eigenvalue weighted by molar-refractivity contribution is 8.01. The number of carbonyl (C=O) groups excluding carboxylic acids is 2. The summed E-state index contributed by atoms with van der Waals surface area (Å²) in [7, 11) is 0. The third-order valence-electron chi connectivity index (χ3n) is 3.27. The second-order valence-corrected chi connectivity index (χ2v) is 6.12. The van der Waals surface area contributed by atoms with E-state index in [0.717, 1.165) is 22.2 Å². The summed E-state index contributed by atoms with van der Waals surface area (Å²) in [6.45, 7) is 5.86. The van der Waals surface area contributed by atoms with E-state index in [4.69, 9.17) is 4.74 Å². The smallest absolute Gasteiger partial charge is 0.315 e. The zero-order valence-electron chi connectivity index (χ0n) is 12.4. The summed E-state index contributed by atoms with van der Waals surface area (Å²) < 4.78 is 4.88. The second kappa shape index (κ2) is 6.80. The highest BCUT2D eigenvalue weighted by Crippen LogP contribution is 2.26. The van der Waals surface area contributed by atoms with Gasteiger partial charge in [-0.3, -0.25) is 9.59 Å². The number of fused-ring (bicyclic) bond motifs is 1. The molecule has 1 aromatic heterocycles. The van der Waals surface area contributed by atoms with Crippen molar-refractivity contribution in [3.8, 4) is 0 Å². The Bertz CT molecular complexity index is 663. The Hall–Kier alpha value is -1.75. The number of aromatic amines is 1. The van der Waals surface area contributed by atoms with Crippen LogP contribution >= 0.6 is 11.8 Å². The van der Waals surface area contributed by atoms with E-state index in [0.29, 0.717) is 6.61 Å². The van der Waals surface area contributed by atoms with Crippen LogP contribution < -0.4 is 0 Å². The number of aryl methyl sites for hydroxylation is 1. The number of nitrogens with one attached hydrogen (secondary N) is 1. The van der Waals surface area contributed by atoms with Gasteiger partial charge < -0.3 is 9.72 Å². The Kier molecular flexibility index (Phi) is 5.07. The van der Waals surface area contributed by atoms with Gasteiger partial charge in [0.05, 0.1) is 17.6 Å². The van der Waals surface area contributed by atoms with Crippen LogP contribution in [-0.2, 0) is 9.53 Å². The Morgan fingerprint density at radius 3 is 2.76 bits per heavy atom. The molecule has 0 fully saturated rings. The number of hydrogen-bond acceptors (Lipinski definition) is 4. The van der Waals surface area contributed by atoms with Gasteiger partial charge in [-0.15, -0.1) is 11.8 Å². The van der Waals surface area contributed by atoms with E-state index in [1.54, 1.807) is 6.92 Å². The van der Waals surface area contributed by atoms with E-state index >= 15 is 0 Å². The van der Waals surface area contributed by atoms with Crippen LogP contribution in [0.2, 0.25) is 0 Å². The van der Waals surface area contributed by atoms with Gasteiger partial charge in [0, 0.05) is 22.2 Å². The quantitative estimate of drug-likeness (QED) is 0.657. The third kappa shape index (κ3) is 3.47. The zero-order valence-corrected chi connectivity index (χ0v) is 13.3. The van der Waals surface area contributed by atoms with Crippen molar-refractivity contribution >= 4 is 34.4 Å². The van der Waals surface area contributed by atoms with Crippen molar-refractivity contribution in [2.45, 2.75) is 26.0 Å². The first-order valence-electron chi connectivity index (χ1n) is 6.93. The summed E-state index contributed by atoms with van der Waals surface area (Å²) in [6.07, 6.45) is 0. The number of ether oxygens (including phenoxy) is 1. The monoisotopic (exact) mass is 305 g/mol. The van der Waals surface area contributed by atoms with Gasteiger partial charge in [-0.2, -0.15) is 0 Å². The lowest BCUT2D eigenvalue weighted by Gasteiger charge is -2.10. The SMILES string of the molecule is CCOC(=O)CSC(C)C(=O)c1c(C)[nH]c2ccccc12. The van der Waals surface area contributed by atoms with Crippen LogP contribution in [0.5, 0.6) is 0 Å². The average Bonchev–Trinajstić information content (AvgIpc) is 2.80. The van der Waals surface area contributed by atoms with Gasteiger partial charge in [0.2, 0.25) is 0 Å². The fraction of sp³-hybridized carbons (Fsp3) is 0.375. The summed E-state index contributed by atoms with van der Waals surface area (Å²) in [6, 6.07) is 7.75. The molecule has 112 valence electrons. The van der Waals surface area contributed by atoms with Crippen molar-refractivity contribution in [2.24, 2.45) is 0 Å². The van der Waals surface area contributed by atoms with Crippen molar-refractivity contribution in [1.82, 2.24) is 4.98 Å². The van der Waals surface area contributed by atoms with Crippen molar-refractivity contribution in [1.29, 1.82) is 0 Å². The number of thioether (sulfide) groups is 1. The number of H-pyrrole nitrogens is 1. The number of para-hydroxylation sites is 1. The second-order valence-electron chi connectivity index (χ2n) is 4.79. The summed E-state index contributed by atoms with van der Waals surface area (Å²) in [5.74, 6) is -0.0423. The van der Waals surface area contributed by atoms with E-state index in [1.807, 2.05) is 38.1 Å². The molecule has 4 nitrogen and oxygen atoms in total. The van der Waals surface area contributed by atoms with Gasteiger partial charge in [-0.05, 0) is 26.8 Å². The molecular formula is C16H19NO3S. The minimum Gasteiger partial charge on any atom is -0.465 e. The van der Waals surface area contributed by atoms with Crippen molar-refractivity contribution < 1.29 is 14.3 Å². The molecule has 21 heavy (non-hydrogen) atoms. The Labute approximate surface area is 128 Å². The molecule has 0 amide bonds. The first-order valence-corrected chi connectivity index (χ1v) is 7.98. The molecule has 2 rings (SSSR count). The van der Waals surface area contributed by atoms with Gasteiger partial charge in [-0.1, -0.05) is 18.2 Å². The summed E-state index contributed by atoms with van der Waals surface area (Å²) >= 11 is 1.31. The van der Waals surface area contributed by atoms with E-state index < -0.39 is 0 Å². The van der Waals surface area contributed by atoms with E-state index in [-0.39, 0.29) is 22.8 Å². The van der Waals surface area contributed by atoms with Crippen LogP contribution in [0, 0.1) is 6.92 Å². The molecule has 1 unspecified atom stereocenters. The van der Waals surface area contributed by atoms with Crippen LogP contribution in [0.4, 0.5) is 0 Å². The normalized spacial score (nSPS) is 12.3. The molecule has 2 aromatic rings. The number of carbonyl (C=O) groups is 2. The molecule has 0 spiro atoms. The van der Waals surface area contributed by atoms with Gasteiger partial charge in [0.25, 0.3) is 0 Å². The Morgan fingerprint density at radius 1 is 1.33 bits per heavy atom. The molecule has 0 aliphatic rings. The van der Waals surface area contributed by atoms with E-state index in [1.165, 1.54) is 11.8 Å². The molecule has 1 atom stereocenters. The first kappa shape index (κ1) is 15.6. The zero-order chi connectivity index (χ0) is 15.4. The molecule has 0 saturated heterocycles. The van der Waals surface area contributed by atoms with Crippen LogP contribution in [0.25, 0.3) is 10.9 Å². The number of esters is 1. The number of rotatable bonds is 6. The predicted octanol–water partition coefficient (Wildman–Crippen LogP) is 3.34. The minimum atomic E-state index is -0.285. The average molecular weight is 305 g/mol. The molecule has 5 heteroatoms. The largest absolute Gasteiger partial charge is 0.465 e. The van der Waals surface area contributed by atoms with Gasteiger partial charge in [0.1, 0.15) is 0 Å². The van der Waals surface area contributed by atoms with Crippen LogP contribution in [0.3, 0.4) is 0 Å². The highest BCUT2D eigenvalue weighted by atomic mass is 32.2. The van der Waals surface area contributed by atoms with Gasteiger partial charge >= 0.3 is 5.97 Å². The predicted molar refractivity (Wildman–Crippen MR) is 85.9 cm³/mol. The molecule has 1 N–H and O–H groups in total. The number of hydrogen-bond donors (Lipinski definition) is 1. The molecule has 0 radical (unpaired) electrons. The highest BCUT2D eigenvalue weighted by Gasteiger charge is 2.22. The number of Topliss-reactive ketones (excluding diaryl/α,β-unsaturated/α-hetero) is 1. The lowest BCUT2D eigenvalue weighted by molar-refractivity contribution is -0.139. The van der Waals surface area contributed by atoms with Crippen LogP contribution in [0.1, 0.15) is 29.9 Å². The van der Waals surface area contributed by atoms with Crippen LogP contribution in [-0.4, -0.2) is 34.3 Å². The third-order valence-corrected chi connectivity index (χ3v) is 4.38. The lowest BCUT2D eigenvalue weighted by Crippen LogP contribution is -2.17. The van der Waals surface area contributed by atoms with E-state index in [9.17, 15) is 9.59 Å². The van der Waals surface area contributed by atoms with Crippen molar-refractivity contribution in [3.05, 3.63) is 35.5 Å². The van der Waals surface area contributed by atoms with Gasteiger partial charge in [-0.25, -0.2) is 0 Å². The lowest BCUT2D eigenvalue weighted by atomic mass is 10.1. The molecule has 1 heterocycles. The number of benzene rings is 1. The fourth-order valence-electron chi connectivity index (χ4n) is 2.27. The summed E-state index contributed by atoms with van der Waals surface area (Å²) in [5, 5.41) is 0.649. The fourth-order valence-corrected chi connectivity index (χ4v) is 3.01. The molecule has 0 aliphatic carbocycles.